The zero-order chi connectivity index (χ0) is 19.9. The zero-order valence-corrected chi connectivity index (χ0v) is 16.5. The molecular weight excluding hydrogens is 350 g/mol. The quantitative estimate of drug-likeness (QED) is 0.572. The van der Waals surface area contributed by atoms with Crippen LogP contribution in [0.3, 0.4) is 0 Å². The zero-order valence-electron chi connectivity index (χ0n) is 16.5. The molecule has 2 N–H and O–H groups in total. The molecule has 0 bridgehead atoms. The summed E-state index contributed by atoms with van der Waals surface area (Å²) < 4.78 is 7.19. The molecule has 0 fully saturated rings. The highest BCUT2D eigenvalue weighted by molar-refractivity contribution is 5.99. The van der Waals surface area contributed by atoms with Gasteiger partial charge in [-0.1, -0.05) is 30.3 Å². The van der Waals surface area contributed by atoms with Crippen LogP contribution in [0.15, 0.2) is 54.6 Å². The molecule has 0 radical (unpaired) electrons. The van der Waals surface area contributed by atoms with Crippen LogP contribution in [-0.4, -0.2) is 26.9 Å². The van der Waals surface area contributed by atoms with Gasteiger partial charge in [0, 0.05) is 11.1 Å². The normalized spacial score (nSPS) is 11.7. The lowest BCUT2D eigenvalue weighted by atomic mass is 10.1. The molecule has 0 unspecified atom stereocenters. The van der Waals surface area contributed by atoms with E-state index in [4.69, 9.17) is 20.6 Å². The standard InChI is InChI=1S/C22H23N5O/c1-22(2,3)27-21-17(18(26-27)14-10-12-16(28-4)13-11-14)19(23)24-20(25-21)15-8-6-5-7-9-15/h5-13H,1-4H3,(H2,23,24,25). The number of anilines is 1. The lowest BCUT2D eigenvalue weighted by Gasteiger charge is -2.20. The Morgan fingerprint density at radius 1 is 0.893 bits per heavy atom. The molecule has 0 amide bonds. The number of hydrogen-bond donors (Lipinski definition) is 1. The minimum absolute atomic E-state index is 0.266. The van der Waals surface area contributed by atoms with Crippen molar-refractivity contribution >= 4 is 16.9 Å². The number of nitrogens with two attached hydrogens (primary N) is 1. The van der Waals surface area contributed by atoms with Gasteiger partial charge in [0.25, 0.3) is 0 Å². The highest BCUT2D eigenvalue weighted by Crippen LogP contribution is 2.35. The van der Waals surface area contributed by atoms with E-state index in [1.54, 1.807) is 7.11 Å². The monoisotopic (exact) mass is 373 g/mol. The van der Waals surface area contributed by atoms with Gasteiger partial charge in [0.15, 0.2) is 11.5 Å². The van der Waals surface area contributed by atoms with Crippen molar-refractivity contribution in [1.29, 1.82) is 0 Å². The third-order valence-corrected chi connectivity index (χ3v) is 4.59. The number of rotatable bonds is 3. The van der Waals surface area contributed by atoms with E-state index in [1.807, 2.05) is 59.3 Å². The Labute approximate surface area is 164 Å². The average Bonchev–Trinajstić information content (AvgIpc) is 3.09. The Morgan fingerprint density at radius 2 is 1.57 bits per heavy atom. The number of hydrogen-bond acceptors (Lipinski definition) is 5. The number of benzene rings is 2. The molecule has 2 aromatic carbocycles. The first-order chi connectivity index (χ1) is 13.4. The van der Waals surface area contributed by atoms with Crippen molar-refractivity contribution in [3.63, 3.8) is 0 Å². The Balaban J connectivity index is 1.99. The topological polar surface area (TPSA) is 78.8 Å². The van der Waals surface area contributed by atoms with Gasteiger partial charge >= 0.3 is 0 Å². The molecule has 0 aliphatic carbocycles. The van der Waals surface area contributed by atoms with Crippen LogP contribution < -0.4 is 10.5 Å². The van der Waals surface area contributed by atoms with Crippen LogP contribution in [0.4, 0.5) is 5.82 Å². The molecule has 4 aromatic rings. The average molecular weight is 373 g/mol. The van der Waals surface area contributed by atoms with E-state index >= 15 is 0 Å². The van der Waals surface area contributed by atoms with Gasteiger partial charge in [-0.2, -0.15) is 5.10 Å². The highest BCUT2D eigenvalue weighted by Gasteiger charge is 2.25. The molecule has 28 heavy (non-hydrogen) atoms. The van der Waals surface area contributed by atoms with Gasteiger partial charge in [-0.3, -0.25) is 0 Å². The summed E-state index contributed by atoms with van der Waals surface area (Å²) in [5, 5.41) is 5.64. The van der Waals surface area contributed by atoms with Crippen molar-refractivity contribution in [1.82, 2.24) is 19.7 Å². The first kappa shape index (κ1) is 18.0. The van der Waals surface area contributed by atoms with Crippen LogP contribution in [-0.2, 0) is 5.54 Å². The summed E-state index contributed by atoms with van der Waals surface area (Å²) in [6.45, 7) is 6.28. The van der Waals surface area contributed by atoms with Gasteiger partial charge in [0.1, 0.15) is 17.3 Å². The minimum atomic E-state index is -0.266. The lowest BCUT2D eigenvalue weighted by Crippen LogP contribution is -2.23. The van der Waals surface area contributed by atoms with Gasteiger partial charge in [0.05, 0.1) is 18.0 Å². The fourth-order valence-corrected chi connectivity index (χ4v) is 3.18. The molecular formula is C22H23N5O. The summed E-state index contributed by atoms with van der Waals surface area (Å²) in [5.41, 5.74) is 9.51. The molecule has 0 spiro atoms. The van der Waals surface area contributed by atoms with Gasteiger partial charge < -0.3 is 10.5 Å². The van der Waals surface area contributed by atoms with Gasteiger partial charge in [-0.25, -0.2) is 14.6 Å². The van der Waals surface area contributed by atoms with E-state index in [-0.39, 0.29) is 5.54 Å². The highest BCUT2D eigenvalue weighted by atomic mass is 16.5. The Bertz CT molecular complexity index is 1130. The van der Waals surface area contributed by atoms with Crippen molar-refractivity contribution in [3.8, 4) is 28.4 Å². The molecule has 4 rings (SSSR count). The van der Waals surface area contributed by atoms with Crippen LogP contribution in [0.2, 0.25) is 0 Å². The lowest BCUT2D eigenvalue weighted by molar-refractivity contribution is 0.367. The summed E-state index contributed by atoms with van der Waals surface area (Å²) in [7, 11) is 1.65. The smallest absolute Gasteiger partial charge is 0.165 e. The minimum Gasteiger partial charge on any atom is -0.497 e. The van der Waals surface area contributed by atoms with Gasteiger partial charge in [-0.15, -0.1) is 0 Å². The molecule has 0 aliphatic rings. The summed E-state index contributed by atoms with van der Waals surface area (Å²) in [6, 6.07) is 17.6. The second-order valence-electron chi connectivity index (χ2n) is 7.66. The van der Waals surface area contributed by atoms with Crippen LogP contribution in [0.25, 0.3) is 33.7 Å². The summed E-state index contributed by atoms with van der Waals surface area (Å²) in [4.78, 5) is 9.41. The summed E-state index contributed by atoms with van der Waals surface area (Å²) in [6.07, 6.45) is 0. The van der Waals surface area contributed by atoms with Crippen molar-refractivity contribution in [2.45, 2.75) is 26.3 Å². The Morgan fingerprint density at radius 3 is 2.18 bits per heavy atom. The van der Waals surface area contributed by atoms with E-state index in [0.29, 0.717) is 11.6 Å². The predicted molar refractivity (Wildman–Crippen MR) is 112 cm³/mol. The molecule has 2 aromatic heterocycles. The van der Waals surface area contributed by atoms with E-state index in [9.17, 15) is 0 Å². The summed E-state index contributed by atoms with van der Waals surface area (Å²) in [5.74, 6) is 1.81. The molecule has 142 valence electrons. The number of nitrogen functional groups attached to an aromatic ring is 1. The first-order valence-corrected chi connectivity index (χ1v) is 9.15. The second-order valence-corrected chi connectivity index (χ2v) is 7.66. The van der Waals surface area contributed by atoms with Gasteiger partial charge in [-0.05, 0) is 45.0 Å². The molecule has 0 saturated heterocycles. The van der Waals surface area contributed by atoms with Crippen molar-refractivity contribution in [2.75, 3.05) is 12.8 Å². The maximum atomic E-state index is 6.42. The molecule has 2 heterocycles. The van der Waals surface area contributed by atoms with Crippen LogP contribution >= 0.6 is 0 Å². The van der Waals surface area contributed by atoms with Crippen molar-refractivity contribution < 1.29 is 4.74 Å². The van der Waals surface area contributed by atoms with Gasteiger partial charge in [0.2, 0.25) is 0 Å². The maximum absolute atomic E-state index is 6.42. The Kier molecular flexibility index (Phi) is 4.26. The number of fused-ring (bicyclic) bond motifs is 1. The number of methoxy groups -OCH3 is 1. The van der Waals surface area contributed by atoms with Crippen LogP contribution in [0.5, 0.6) is 5.75 Å². The maximum Gasteiger partial charge on any atom is 0.165 e. The van der Waals surface area contributed by atoms with Crippen molar-refractivity contribution in [3.05, 3.63) is 54.6 Å². The fraction of sp³-hybridized carbons (Fsp3) is 0.227. The van der Waals surface area contributed by atoms with E-state index in [1.165, 1.54) is 0 Å². The van der Waals surface area contributed by atoms with Crippen LogP contribution in [0, 0.1) is 0 Å². The van der Waals surface area contributed by atoms with E-state index < -0.39 is 0 Å². The van der Waals surface area contributed by atoms with E-state index in [0.717, 1.165) is 33.6 Å². The molecule has 0 atom stereocenters. The first-order valence-electron chi connectivity index (χ1n) is 9.15. The fourth-order valence-electron chi connectivity index (χ4n) is 3.18. The molecule has 6 heteroatoms. The molecule has 0 saturated carbocycles. The van der Waals surface area contributed by atoms with Crippen molar-refractivity contribution in [2.24, 2.45) is 0 Å². The third kappa shape index (κ3) is 3.07. The van der Waals surface area contributed by atoms with Crippen LogP contribution in [0.1, 0.15) is 20.8 Å². The summed E-state index contributed by atoms with van der Waals surface area (Å²) >= 11 is 0. The SMILES string of the molecule is COc1ccc(-c2nn(C(C)(C)C)c3nc(-c4ccccc4)nc(N)c23)cc1. The van der Waals surface area contributed by atoms with E-state index in [2.05, 4.69) is 25.8 Å². The molecule has 6 nitrogen and oxygen atoms in total. The number of aromatic nitrogens is 4. The predicted octanol–water partition coefficient (Wildman–Crippen LogP) is 4.51. The number of ether oxygens (including phenoxy) is 1. The number of nitrogens with zero attached hydrogens (tertiary/aromatic N) is 4. The second kappa shape index (κ2) is 6.64. The molecule has 0 aliphatic heterocycles. The Hall–Kier alpha value is -3.41. The largest absolute Gasteiger partial charge is 0.497 e. The third-order valence-electron chi connectivity index (χ3n) is 4.59.